The first kappa shape index (κ1) is 7.69. The van der Waals surface area contributed by atoms with Crippen molar-refractivity contribution in [3.8, 4) is 0 Å². The fourth-order valence-corrected chi connectivity index (χ4v) is 1.94. The lowest BCUT2D eigenvalue weighted by Gasteiger charge is -2.18. The second-order valence-electron chi connectivity index (χ2n) is 2.54. The Hall–Kier alpha value is 0.590. The van der Waals surface area contributed by atoms with Crippen LogP contribution in [0, 0.1) is 0 Å². The van der Waals surface area contributed by atoms with Gasteiger partial charge in [0.1, 0.15) is 0 Å². The van der Waals surface area contributed by atoms with E-state index < -0.39 is 9.85 Å². The van der Waals surface area contributed by atoms with Crippen LogP contribution < -0.4 is 0 Å². The number of hydrogen-bond acceptors (Lipinski definition) is 0. The molecule has 1 saturated carbocycles. The van der Waals surface area contributed by atoms with Crippen LogP contribution in [-0.4, -0.2) is 9.85 Å². The maximum absolute atomic E-state index is 12.1. The van der Waals surface area contributed by atoms with Gasteiger partial charge in [-0.3, -0.25) is 0 Å². The summed E-state index contributed by atoms with van der Waals surface area (Å²) in [6.07, 6.45) is 1.23. The minimum Gasteiger partial charge on any atom is -0.209 e. The van der Waals surface area contributed by atoms with E-state index in [1.807, 2.05) is 22.6 Å². The first-order valence-electron chi connectivity index (χ1n) is 3.12. The van der Waals surface area contributed by atoms with Gasteiger partial charge in [-0.2, -0.15) is 0 Å². The topological polar surface area (TPSA) is 0 Å². The first-order chi connectivity index (χ1) is 4.15. The molecule has 0 atom stereocenters. The van der Waals surface area contributed by atoms with Crippen molar-refractivity contribution in [2.75, 3.05) is 0 Å². The van der Waals surface area contributed by atoms with E-state index in [1.165, 1.54) is 0 Å². The molecule has 0 aliphatic heterocycles. The van der Waals surface area contributed by atoms with Crippen LogP contribution in [0.1, 0.15) is 25.7 Å². The smallest absolute Gasteiger partial charge is 0.209 e. The highest BCUT2D eigenvalue weighted by atomic mass is 127. The SMILES string of the molecule is FC(F)C1(I)CCCC1. The average Bonchev–Trinajstić information content (AvgIpc) is 2.16. The molecule has 0 unspecified atom stereocenters. The summed E-state index contributed by atoms with van der Waals surface area (Å²) < 4.78 is 23.6. The molecule has 3 heteroatoms. The lowest BCUT2D eigenvalue weighted by Crippen LogP contribution is -2.25. The second kappa shape index (κ2) is 2.68. The molecule has 1 aliphatic rings. The zero-order valence-electron chi connectivity index (χ0n) is 5.04. The molecule has 1 rings (SSSR count). The van der Waals surface area contributed by atoms with E-state index in [1.54, 1.807) is 0 Å². The zero-order valence-corrected chi connectivity index (χ0v) is 7.20. The van der Waals surface area contributed by atoms with E-state index in [9.17, 15) is 8.78 Å². The summed E-state index contributed by atoms with van der Waals surface area (Å²) in [7, 11) is 0. The van der Waals surface area contributed by atoms with E-state index in [2.05, 4.69) is 0 Å². The standard InChI is InChI=1S/C6H9F2I/c7-5(8)6(9)3-1-2-4-6/h5H,1-4H2. The predicted octanol–water partition coefficient (Wildman–Crippen LogP) is 3.00. The van der Waals surface area contributed by atoms with E-state index in [4.69, 9.17) is 0 Å². The normalized spacial score (nSPS) is 25.3. The van der Waals surface area contributed by atoms with Crippen molar-refractivity contribution in [2.45, 2.75) is 35.5 Å². The Morgan fingerprint density at radius 2 is 1.67 bits per heavy atom. The van der Waals surface area contributed by atoms with Gasteiger partial charge in [0.25, 0.3) is 6.43 Å². The maximum atomic E-state index is 12.1. The summed E-state index contributed by atoms with van der Waals surface area (Å²) in [5.74, 6) is 0. The Kier molecular flexibility index (Phi) is 2.29. The van der Waals surface area contributed by atoms with Crippen LogP contribution in [0.2, 0.25) is 0 Å². The van der Waals surface area contributed by atoms with Crippen LogP contribution in [0.5, 0.6) is 0 Å². The van der Waals surface area contributed by atoms with Crippen molar-refractivity contribution in [1.29, 1.82) is 0 Å². The van der Waals surface area contributed by atoms with E-state index in [-0.39, 0.29) is 0 Å². The maximum Gasteiger partial charge on any atom is 0.252 e. The lowest BCUT2D eigenvalue weighted by atomic mass is 10.1. The number of rotatable bonds is 1. The van der Waals surface area contributed by atoms with Crippen molar-refractivity contribution in [3.05, 3.63) is 0 Å². The highest BCUT2D eigenvalue weighted by molar-refractivity contribution is 14.1. The van der Waals surface area contributed by atoms with Crippen molar-refractivity contribution in [3.63, 3.8) is 0 Å². The van der Waals surface area contributed by atoms with E-state index in [0.29, 0.717) is 12.8 Å². The molecule has 0 saturated heterocycles. The second-order valence-corrected chi connectivity index (χ2v) is 4.69. The van der Waals surface area contributed by atoms with Crippen LogP contribution in [0.3, 0.4) is 0 Å². The van der Waals surface area contributed by atoms with Gasteiger partial charge < -0.3 is 0 Å². The fourth-order valence-electron chi connectivity index (χ4n) is 1.18. The number of hydrogen-bond donors (Lipinski definition) is 0. The summed E-state index contributed by atoms with van der Waals surface area (Å²) in [5, 5.41) is 0. The van der Waals surface area contributed by atoms with Gasteiger partial charge in [0, 0.05) is 0 Å². The van der Waals surface area contributed by atoms with Gasteiger partial charge in [-0.15, -0.1) is 0 Å². The molecule has 0 N–H and O–H groups in total. The van der Waals surface area contributed by atoms with Crippen LogP contribution in [0.25, 0.3) is 0 Å². The molecule has 0 aromatic heterocycles. The number of alkyl halides is 3. The molecule has 0 bridgehead atoms. The van der Waals surface area contributed by atoms with E-state index in [0.717, 1.165) is 12.8 Å². The van der Waals surface area contributed by atoms with Crippen LogP contribution in [-0.2, 0) is 0 Å². The molecular weight excluding hydrogens is 237 g/mol. The third-order valence-electron chi connectivity index (χ3n) is 1.83. The summed E-state index contributed by atoms with van der Waals surface area (Å²) >= 11 is 1.91. The predicted molar refractivity (Wildman–Crippen MR) is 41.2 cm³/mol. The van der Waals surface area contributed by atoms with E-state index >= 15 is 0 Å². The Labute approximate surface area is 67.2 Å². The molecule has 0 spiro atoms. The average molecular weight is 246 g/mol. The summed E-state index contributed by atoms with van der Waals surface area (Å²) in [5.41, 5.74) is 0. The first-order valence-corrected chi connectivity index (χ1v) is 4.20. The third kappa shape index (κ3) is 1.53. The summed E-state index contributed by atoms with van der Waals surface area (Å²) in [6.45, 7) is 0. The van der Waals surface area contributed by atoms with Crippen LogP contribution in [0.4, 0.5) is 8.78 Å². The highest BCUT2D eigenvalue weighted by Gasteiger charge is 2.39. The Morgan fingerprint density at radius 3 is 1.89 bits per heavy atom. The fraction of sp³-hybridized carbons (Fsp3) is 1.00. The van der Waals surface area contributed by atoms with Gasteiger partial charge in [0.05, 0.1) is 3.42 Å². The van der Waals surface area contributed by atoms with Gasteiger partial charge in [0.15, 0.2) is 0 Å². The summed E-state index contributed by atoms with van der Waals surface area (Å²) in [4.78, 5) is 0. The molecule has 0 amide bonds. The lowest BCUT2D eigenvalue weighted by molar-refractivity contribution is 0.108. The van der Waals surface area contributed by atoms with Crippen molar-refractivity contribution >= 4 is 22.6 Å². The Morgan fingerprint density at radius 1 is 1.22 bits per heavy atom. The third-order valence-corrected chi connectivity index (χ3v) is 3.38. The molecule has 0 nitrogen and oxygen atoms in total. The molecule has 0 aromatic carbocycles. The molecule has 1 fully saturated rings. The molecule has 0 radical (unpaired) electrons. The molecule has 0 heterocycles. The van der Waals surface area contributed by atoms with Crippen molar-refractivity contribution < 1.29 is 8.78 Å². The van der Waals surface area contributed by atoms with Crippen LogP contribution in [0.15, 0.2) is 0 Å². The van der Waals surface area contributed by atoms with Crippen molar-refractivity contribution in [1.82, 2.24) is 0 Å². The molecule has 1 aliphatic carbocycles. The minimum atomic E-state index is -2.12. The quantitative estimate of drug-likeness (QED) is 0.492. The molecule has 9 heavy (non-hydrogen) atoms. The largest absolute Gasteiger partial charge is 0.252 e. The Balaban J connectivity index is 2.51. The van der Waals surface area contributed by atoms with Gasteiger partial charge in [-0.05, 0) is 12.8 Å². The van der Waals surface area contributed by atoms with Gasteiger partial charge in [0.2, 0.25) is 0 Å². The molecule has 54 valence electrons. The van der Waals surface area contributed by atoms with Gasteiger partial charge >= 0.3 is 0 Å². The minimum absolute atomic E-state index is 0.669. The van der Waals surface area contributed by atoms with Gasteiger partial charge in [-0.25, -0.2) is 8.78 Å². The zero-order chi connectivity index (χ0) is 6.91. The monoisotopic (exact) mass is 246 g/mol. The Bertz CT molecular complexity index is 97.2. The van der Waals surface area contributed by atoms with Gasteiger partial charge in [-0.1, -0.05) is 35.4 Å². The molecular formula is C6H9F2I. The van der Waals surface area contributed by atoms with Crippen LogP contribution >= 0.6 is 22.6 Å². The summed E-state index contributed by atoms with van der Waals surface area (Å²) in [6, 6.07) is 0. The highest BCUT2D eigenvalue weighted by Crippen LogP contribution is 2.42. The number of halogens is 3. The molecule has 0 aromatic rings. The van der Waals surface area contributed by atoms with Crippen molar-refractivity contribution in [2.24, 2.45) is 0 Å².